The molecule has 0 amide bonds. The van der Waals surface area contributed by atoms with Gasteiger partial charge in [-0.2, -0.15) is 0 Å². The van der Waals surface area contributed by atoms with E-state index >= 15 is 0 Å². The maximum absolute atomic E-state index is 12.5. The van der Waals surface area contributed by atoms with Crippen LogP contribution in [-0.4, -0.2) is 25.2 Å². The van der Waals surface area contributed by atoms with E-state index in [0.29, 0.717) is 19.6 Å². The van der Waals surface area contributed by atoms with Crippen LogP contribution in [0.5, 0.6) is 0 Å². The molecule has 1 aromatic carbocycles. The molecule has 33 heavy (non-hydrogen) atoms. The first-order valence-corrected chi connectivity index (χ1v) is 13.3. The minimum Gasteiger partial charge on any atom is -0.462 e. The van der Waals surface area contributed by atoms with Crippen molar-refractivity contribution < 1.29 is 19.1 Å². The van der Waals surface area contributed by atoms with E-state index in [1.807, 2.05) is 0 Å². The average Bonchev–Trinajstić information content (AvgIpc) is 2.84. The Balaban J connectivity index is 2.26. The molecule has 0 N–H and O–H groups in total. The van der Waals surface area contributed by atoms with Gasteiger partial charge in [-0.25, -0.2) is 9.59 Å². The van der Waals surface area contributed by atoms with Crippen LogP contribution < -0.4 is 0 Å². The first kappa shape index (κ1) is 28.9. The van der Waals surface area contributed by atoms with Gasteiger partial charge < -0.3 is 9.47 Å². The van der Waals surface area contributed by atoms with Crippen LogP contribution in [0.4, 0.5) is 0 Å². The quantitative estimate of drug-likeness (QED) is 0.112. The molecule has 0 heterocycles. The largest absolute Gasteiger partial charge is 0.462 e. The molecule has 0 unspecified atom stereocenters. The van der Waals surface area contributed by atoms with Crippen LogP contribution in [0.1, 0.15) is 131 Å². The van der Waals surface area contributed by atoms with E-state index in [9.17, 15) is 9.59 Å². The van der Waals surface area contributed by atoms with E-state index in [-0.39, 0.29) is 11.1 Å². The third-order valence-electron chi connectivity index (χ3n) is 5.76. The maximum Gasteiger partial charge on any atom is 0.339 e. The van der Waals surface area contributed by atoms with Gasteiger partial charge in [0, 0.05) is 0 Å². The maximum atomic E-state index is 12.5. The summed E-state index contributed by atoms with van der Waals surface area (Å²) in [5, 5.41) is 0. The van der Waals surface area contributed by atoms with Crippen LogP contribution in [0, 0.1) is 0 Å². The molecule has 1 aromatic rings. The Labute approximate surface area is 202 Å². The van der Waals surface area contributed by atoms with Crippen LogP contribution >= 0.6 is 0 Å². The van der Waals surface area contributed by atoms with Gasteiger partial charge in [-0.1, -0.05) is 109 Å². The Bertz CT molecular complexity index is 665. The molecule has 0 radical (unpaired) electrons. The SMILES string of the molecule is CCCCCC/C=C/CCOC(=O)c1ccccc1C(=O)OCCCCCCCCCCC. The number of esters is 2. The monoisotopic (exact) mass is 458 g/mol. The van der Waals surface area contributed by atoms with Gasteiger partial charge in [-0.15, -0.1) is 0 Å². The van der Waals surface area contributed by atoms with E-state index in [2.05, 4.69) is 26.0 Å². The third kappa shape index (κ3) is 14.6. The summed E-state index contributed by atoms with van der Waals surface area (Å²) in [4.78, 5) is 25.0. The lowest BCUT2D eigenvalue weighted by atomic mass is 10.1. The van der Waals surface area contributed by atoms with Crippen molar-refractivity contribution in [2.45, 2.75) is 110 Å². The average molecular weight is 459 g/mol. The van der Waals surface area contributed by atoms with Crippen LogP contribution in [0.25, 0.3) is 0 Å². The Kier molecular flexibility index (Phi) is 18.0. The predicted molar refractivity (Wildman–Crippen MR) is 137 cm³/mol. The summed E-state index contributed by atoms with van der Waals surface area (Å²) in [6, 6.07) is 6.74. The molecule has 0 aliphatic carbocycles. The number of ether oxygens (including phenoxy) is 2. The number of benzene rings is 1. The minimum atomic E-state index is -0.470. The van der Waals surface area contributed by atoms with E-state index in [0.717, 1.165) is 19.3 Å². The molecule has 0 atom stereocenters. The Morgan fingerprint density at radius 3 is 1.64 bits per heavy atom. The Morgan fingerprint density at radius 1 is 0.606 bits per heavy atom. The highest BCUT2D eigenvalue weighted by atomic mass is 16.5. The van der Waals surface area contributed by atoms with Crippen molar-refractivity contribution in [2.75, 3.05) is 13.2 Å². The first-order valence-electron chi connectivity index (χ1n) is 13.3. The minimum absolute atomic E-state index is 0.276. The topological polar surface area (TPSA) is 52.6 Å². The molecule has 1 rings (SSSR count). The number of unbranched alkanes of at least 4 members (excludes halogenated alkanes) is 12. The van der Waals surface area contributed by atoms with E-state index in [1.165, 1.54) is 70.6 Å². The van der Waals surface area contributed by atoms with Crippen LogP contribution in [0.15, 0.2) is 36.4 Å². The Morgan fingerprint density at radius 2 is 1.06 bits per heavy atom. The second-order valence-corrected chi connectivity index (χ2v) is 8.76. The summed E-state index contributed by atoms with van der Waals surface area (Å²) < 4.78 is 10.8. The molecule has 0 bridgehead atoms. The van der Waals surface area contributed by atoms with E-state index in [1.54, 1.807) is 24.3 Å². The standard InChI is InChI=1S/C29H46O4/c1-3-5-7-9-11-13-15-17-21-25-33-29(31)27-23-19-18-22-26(27)28(30)32-24-20-16-14-12-10-8-6-4-2/h14,16,18-19,22-23H,3-13,15,17,20-21,24-25H2,1-2H3/b16-14+. The molecule has 4 nitrogen and oxygen atoms in total. The van der Waals surface area contributed by atoms with Crippen molar-refractivity contribution in [1.29, 1.82) is 0 Å². The molecule has 0 saturated heterocycles. The second-order valence-electron chi connectivity index (χ2n) is 8.76. The van der Waals surface area contributed by atoms with Crippen LogP contribution in [-0.2, 0) is 9.47 Å². The fraction of sp³-hybridized carbons (Fsp3) is 0.655. The molecule has 0 spiro atoms. The summed E-state index contributed by atoms with van der Waals surface area (Å²) in [6.07, 6.45) is 21.9. The highest BCUT2D eigenvalue weighted by Gasteiger charge is 2.18. The smallest absolute Gasteiger partial charge is 0.339 e. The normalized spacial score (nSPS) is 11.1. The van der Waals surface area contributed by atoms with Crippen LogP contribution in [0.3, 0.4) is 0 Å². The fourth-order valence-corrected chi connectivity index (χ4v) is 3.72. The summed E-state index contributed by atoms with van der Waals surface area (Å²) in [5.74, 6) is -0.920. The zero-order valence-corrected chi connectivity index (χ0v) is 21.1. The van der Waals surface area contributed by atoms with Crippen molar-refractivity contribution >= 4 is 11.9 Å². The second kappa shape index (κ2) is 20.5. The van der Waals surface area contributed by atoms with Crippen molar-refractivity contribution in [3.8, 4) is 0 Å². The molecule has 0 aliphatic heterocycles. The van der Waals surface area contributed by atoms with Gasteiger partial charge >= 0.3 is 11.9 Å². The summed E-state index contributed by atoms with van der Waals surface area (Å²) >= 11 is 0. The lowest BCUT2D eigenvalue weighted by Crippen LogP contribution is -2.14. The molecule has 0 fully saturated rings. The van der Waals surface area contributed by atoms with Gasteiger partial charge in [-0.3, -0.25) is 0 Å². The van der Waals surface area contributed by atoms with E-state index in [4.69, 9.17) is 9.47 Å². The number of allylic oxidation sites excluding steroid dienone is 1. The number of carbonyl (C=O) groups excluding carboxylic acids is 2. The van der Waals surface area contributed by atoms with Gasteiger partial charge in [0.15, 0.2) is 0 Å². The van der Waals surface area contributed by atoms with Crippen molar-refractivity contribution in [3.63, 3.8) is 0 Å². The van der Waals surface area contributed by atoms with Gasteiger partial charge in [-0.05, 0) is 37.8 Å². The zero-order chi connectivity index (χ0) is 24.0. The van der Waals surface area contributed by atoms with Crippen molar-refractivity contribution in [2.24, 2.45) is 0 Å². The third-order valence-corrected chi connectivity index (χ3v) is 5.76. The molecule has 4 heteroatoms. The first-order chi connectivity index (χ1) is 16.2. The summed E-state index contributed by atoms with van der Waals surface area (Å²) in [6.45, 7) is 5.14. The molecular formula is C29H46O4. The summed E-state index contributed by atoms with van der Waals surface area (Å²) in [5.41, 5.74) is 0.558. The van der Waals surface area contributed by atoms with Gasteiger partial charge in [0.2, 0.25) is 0 Å². The number of hydrogen-bond acceptors (Lipinski definition) is 4. The highest BCUT2D eigenvalue weighted by Crippen LogP contribution is 2.14. The number of rotatable bonds is 20. The molecular weight excluding hydrogens is 412 g/mol. The zero-order valence-electron chi connectivity index (χ0n) is 21.1. The molecule has 0 saturated carbocycles. The van der Waals surface area contributed by atoms with Gasteiger partial charge in [0.1, 0.15) is 0 Å². The molecule has 0 aliphatic rings. The fourth-order valence-electron chi connectivity index (χ4n) is 3.72. The lowest BCUT2D eigenvalue weighted by molar-refractivity contribution is 0.0457. The van der Waals surface area contributed by atoms with Crippen molar-refractivity contribution in [3.05, 3.63) is 47.5 Å². The van der Waals surface area contributed by atoms with Crippen molar-refractivity contribution in [1.82, 2.24) is 0 Å². The highest BCUT2D eigenvalue weighted by molar-refractivity contribution is 6.03. The summed E-state index contributed by atoms with van der Waals surface area (Å²) in [7, 11) is 0. The number of hydrogen-bond donors (Lipinski definition) is 0. The Hall–Kier alpha value is -2.10. The van der Waals surface area contributed by atoms with Gasteiger partial charge in [0.25, 0.3) is 0 Å². The molecule has 0 aromatic heterocycles. The van der Waals surface area contributed by atoms with E-state index < -0.39 is 11.9 Å². The lowest BCUT2D eigenvalue weighted by Gasteiger charge is -2.09. The number of carbonyl (C=O) groups is 2. The molecule has 186 valence electrons. The predicted octanol–water partition coefficient (Wildman–Crippen LogP) is 8.45. The van der Waals surface area contributed by atoms with Gasteiger partial charge in [0.05, 0.1) is 24.3 Å². The van der Waals surface area contributed by atoms with Crippen LogP contribution in [0.2, 0.25) is 0 Å².